The molecule has 0 spiro atoms. The van der Waals surface area contributed by atoms with Crippen LogP contribution in [0.4, 0.5) is 0 Å². The van der Waals surface area contributed by atoms with E-state index in [0.29, 0.717) is 23.3 Å². The van der Waals surface area contributed by atoms with E-state index in [-0.39, 0.29) is 12.4 Å². The lowest BCUT2D eigenvalue weighted by Gasteiger charge is -2.22. The predicted molar refractivity (Wildman–Crippen MR) is 105 cm³/mol. The van der Waals surface area contributed by atoms with Gasteiger partial charge in [0.05, 0.1) is 12.0 Å². The topological polar surface area (TPSA) is 69.7 Å². The summed E-state index contributed by atoms with van der Waals surface area (Å²) in [6.07, 6.45) is 0.311. The first-order valence-electron chi connectivity index (χ1n) is 9.23. The number of rotatable bonds is 5. The summed E-state index contributed by atoms with van der Waals surface area (Å²) >= 11 is 3.44. The summed E-state index contributed by atoms with van der Waals surface area (Å²) in [6.45, 7) is 3.62. The van der Waals surface area contributed by atoms with Crippen molar-refractivity contribution in [1.29, 1.82) is 0 Å². The molecule has 1 aliphatic carbocycles. The van der Waals surface area contributed by atoms with Gasteiger partial charge in [-0.3, -0.25) is 14.4 Å². The molecule has 2 aromatic rings. The maximum Gasteiger partial charge on any atom is 0.330 e. The molecule has 0 amide bonds. The molecule has 1 fully saturated rings. The average Bonchev–Trinajstić information content (AvgIpc) is 3.36. The fourth-order valence-electron chi connectivity index (χ4n) is 4.78. The first-order chi connectivity index (χ1) is 13.4. The lowest BCUT2D eigenvalue weighted by Crippen LogP contribution is -2.40. The summed E-state index contributed by atoms with van der Waals surface area (Å²) in [5, 5.41) is 0. The van der Waals surface area contributed by atoms with Crippen LogP contribution in [0.2, 0.25) is 0 Å². The third-order valence-electron chi connectivity index (χ3n) is 5.95. The highest BCUT2D eigenvalue weighted by atomic mass is 79.9. The second-order valence-electron chi connectivity index (χ2n) is 7.05. The number of benzene rings is 2. The lowest BCUT2D eigenvalue weighted by atomic mass is 9.83. The predicted octanol–water partition coefficient (Wildman–Crippen LogP) is 4.29. The molecule has 1 aliphatic heterocycles. The Morgan fingerprint density at radius 1 is 1.14 bits per heavy atom. The summed E-state index contributed by atoms with van der Waals surface area (Å²) in [6, 6.07) is 14.0. The van der Waals surface area contributed by atoms with Crippen LogP contribution in [0, 0.1) is 10.8 Å². The van der Waals surface area contributed by atoms with Gasteiger partial charge in [-0.15, -0.1) is 0 Å². The van der Waals surface area contributed by atoms with Gasteiger partial charge in [-0.25, -0.2) is 0 Å². The minimum atomic E-state index is -1.65. The van der Waals surface area contributed by atoms with Gasteiger partial charge in [0.15, 0.2) is 11.2 Å². The van der Waals surface area contributed by atoms with E-state index in [9.17, 15) is 14.4 Å². The summed E-state index contributed by atoms with van der Waals surface area (Å²) in [5.74, 6) is -1.88. The maximum atomic E-state index is 13.7. The second-order valence-corrected chi connectivity index (χ2v) is 7.97. The van der Waals surface area contributed by atoms with Crippen molar-refractivity contribution in [3.8, 4) is 5.75 Å². The van der Waals surface area contributed by atoms with E-state index in [1.807, 2.05) is 19.1 Å². The van der Waals surface area contributed by atoms with Gasteiger partial charge < -0.3 is 9.47 Å². The van der Waals surface area contributed by atoms with Gasteiger partial charge in [0.2, 0.25) is 0 Å². The van der Waals surface area contributed by atoms with Gasteiger partial charge in [-0.2, -0.15) is 0 Å². The molecule has 6 heteroatoms. The minimum absolute atomic E-state index is 0.116. The van der Waals surface area contributed by atoms with Gasteiger partial charge in [-0.05, 0) is 31.5 Å². The van der Waals surface area contributed by atoms with Crippen molar-refractivity contribution >= 4 is 33.7 Å². The SMILES string of the molecule is CCOC(=O)[C@]12C(=O)Oc3ccc(Br)cc3[C@@H]1[C@]2(CC)C(=O)c1ccccc1. The molecule has 1 heterocycles. The number of hydrogen-bond acceptors (Lipinski definition) is 5. The molecule has 4 rings (SSSR count). The molecule has 2 aliphatic rings. The summed E-state index contributed by atoms with van der Waals surface area (Å²) in [4.78, 5) is 39.9. The first kappa shape index (κ1) is 18.9. The molecule has 2 aromatic carbocycles. The number of ether oxygens (including phenoxy) is 2. The zero-order chi connectivity index (χ0) is 20.1. The Morgan fingerprint density at radius 2 is 1.86 bits per heavy atom. The van der Waals surface area contributed by atoms with Crippen LogP contribution in [0.25, 0.3) is 0 Å². The monoisotopic (exact) mass is 442 g/mol. The van der Waals surface area contributed by atoms with Crippen LogP contribution in [0.15, 0.2) is 53.0 Å². The van der Waals surface area contributed by atoms with E-state index in [4.69, 9.17) is 9.47 Å². The average molecular weight is 443 g/mol. The second kappa shape index (κ2) is 6.55. The highest BCUT2D eigenvalue weighted by molar-refractivity contribution is 9.10. The van der Waals surface area contributed by atoms with E-state index in [1.54, 1.807) is 43.3 Å². The number of ketones is 1. The van der Waals surface area contributed by atoms with Crippen molar-refractivity contribution in [2.24, 2.45) is 10.8 Å². The van der Waals surface area contributed by atoms with Crippen molar-refractivity contribution in [2.75, 3.05) is 6.61 Å². The Kier molecular flexibility index (Phi) is 4.42. The molecule has 144 valence electrons. The van der Waals surface area contributed by atoms with E-state index < -0.39 is 28.7 Å². The van der Waals surface area contributed by atoms with Crippen molar-refractivity contribution < 1.29 is 23.9 Å². The standard InChI is InChI=1S/C22H19BrO5/c1-3-21(18(24)13-8-6-5-7-9-13)17-15-12-14(23)10-11-16(15)28-20(26)22(17,21)19(25)27-4-2/h5-12,17H,3-4H2,1-2H3/t17-,21-,22+/m1/s1. The van der Waals surface area contributed by atoms with Crippen molar-refractivity contribution in [3.63, 3.8) is 0 Å². The lowest BCUT2D eigenvalue weighted by molar-refractivity contribution is -0.162. The number of carbonyl (C=O) groups is 3. The molecule has 0 radical (unpaired) electrons. The van der Waals surface area contributed by atoms with Crippen LogP contribution in [-0.2, 0) is 14.3 Å². The van der Waals surface area contributed by atoms with Crippen LogP contribution in [0.1, 0.15) is 42.1 Å². The van der Waals surface area contributed by atoms with Crippen LogP contribution < -0.4 is 4.74 Å². The van der Waals surface area contributed by atoms with Crippen LogP contribution in [-0.4, -0.2) is 24.3 Å². The fraction of sp³-hybridized carbons (Fsp3) is 0.318. The third-order valence-corrected chi connectivity index (χ3v) is 6.44. The highest BCUT2D eigenvalue weighted by Gasteiger charge is 2.90. The quantitative estimate of drug-likeness (QED) is 0.299. The molecule has 0 bridgehead atoms. The normalized spacial score (nSPS) is 27.2. The van der Waals surface area contributed by atoms with Gasteiger partial charge >= 0.3 is 11.9 Å². The van der Waals surface area contributed by atoms with E-state index in [2.05, 4.69) is 15.9 Å². The van der Waals surface area contributed by atoms with Gasteiger partial charge in [-0.1, -0.05) is 53.2 Å². The Hall–Kier alpha value is -2.47. The van der Waals surface area contributed by atoms with Crippen LogP contribution >= 0.6 is 15.9 Å². The molecule has 0 saturated heterocycles. The zero-order valence-corrected chi connectivity index (χ0v) is 17.1. The smallest absolute Gasteiger partial charge is 0.330 e. The number of hydrogen-bond donors (Lipinski definition) is 0. The molecule has 28 heavy (non-hydrogen) atoms. The Labute approximate surface area is 171 Å². The number of esters is 2. The fourth-order valence-corrected chi connectivity index (χ4v) is 5.16. The van der Waals surface area contributed by atoms with Gasteiger partial charge in [0, 0.05) is 21.5 Å². The van der Waals surface area contributed by atoms with Crippen molar-refractivity contribution in [2.45, 2.75) is 26.2 Å². The number of halogens is 1. The van der Waals surface area contributed by atoms with Gasteiger partial charge in [0.25, 0.3) is 0 Å². The maximum absolute atomic E-state index is 13.7. The molecule has 0 N–H and O–H groups in total. The number of carbonyl (C=O) groups excluding carboxylic acids is 3. The molecule has 5 nitrogen and oxygen atoms in total. The molecule has 3 atom stereocenters. The molecule has 0 aromatic heterocycles. The van der Waals surface area contributed by atoms with Crippen molar-refractivity contribution in [3.05, 3.63) is 64.1 Å². The summed E-state index contributed by atoms with van der Waals surface area (Å²) < 4.78 is 11.6. The first-order valence-corrected chi connectivity index (χ1v) is 10.0. The van der Waals surface area contributed by atoms with Crippen LogP contribution in [0.3, 0.4) is 0 Å². The Bertz CT molecular complexity index is 986. The molecule has 1 saturated carbocycles. The number of Topliss-reactive ketones (excluding diaryl/α,β-unsaturated/α-hetero) is 1. The summed E-state index contributed by atoms with van der Waals surface area (Å²) in [7, 11) is 0. The highest BCUT2D eigenvalue weighted by Crippen LogP contribution is 2.80. The van der Waals surface area contributed by atoms with E-state index >= 15 is 0 Å². The molecule has 0 unspecified atom stereocenters. The van der Waals surface area contributed by atoms with E-state index in [0.717, 1.165) is 4.47 Å². The Balaban J connectivity index is 1.96. The summed E-state index contributed by atoms with van der Waals surface area (Å²) in [5.41, 5.74) is -1.75. The molecular formula is C22H19BrO5. The molecular weight excluding hydrogens is 424 g/mol. The van der Waals surface area contributed by atoms with Gasteiger partial charge in [0.1, 0.15) is 5.75 Å². The number of fused-ring (bicyclic) bond motifs is 3. The third kappa shape index (κ3) is 2.21. The minimum Gasteiger partial charge on any atom is -0.465 e. The van der Waals surface area contributed by atoms with Crippen molar-refractivity contribution in [1.82, 2.24) is 0 Å². The largest absolute Gasteiger partial charge is 0.465 e. The van der Waals surface area contributed by atoms with Crippen LogP contribution in [0.5, 0.6) is 5.75 Å². The Morgan fingerprint density at radius 3 is 2.50 bits per heavy atom. The zero-order valence-electron chi connectivity index (χ0n) is 15.5. The van der Waals surface area contributed by atoms with E-state index in [1.165, 1.54) is 0 Å².